The first-order chi connectivity index (χ1) is 23.1. The Morgan fingerprint density at radius 3 is 1.98 bits per heavy atom. The molecule has 0 radical (unpaired) electrons. The molecule has 1 aromatic heterocycles. The molecule has 0 fully saturated rings. The molecule has 0 amide bonds. The van der Waals surface area contributed by atoms with Crippen molar-refractivity contribution in [2.75, 3.05) is 35.5 Å². The standard InChI is InChI=1S/C12H16O5.C11H6ClN3O.C11H12O4.2Na/c1-15-11(14)10(12(16-2)17-3)8-6-4-5-7-9(8)13;12-10-5-11(15-7-14-10)16-9-4-2-1-3-8(9)6-13;1-14-7-9(11(13)15-2)8-5-3-4-6-10(8)12;;/h4-7,10,12-13H,1-3H3;1-5,7H;3-7,12H,1-2H3;;/q;;;2*+1/p-2/b;;9-7+;;. The Balaban J connectivity index is 0.000000707. The van der Waals surface area contributed by atoms with Gasteiger partial charge in [0.15, 0.2) is 6.29 Å². The minimum absolute atomic E-state index is 0. The van der Waals surface area contributed by atoms with Crippen molar-refractivity contribution in [3.05, 3.63) is 113 Å². The van der Waals surface area contributed by atoms with E-state index in [4.69, 9.17) is 35.8 Å². The second-order valence-electron chi connectivity index (χ2n) is 9.02. The number of nitrogens with zero attached hydrogens (tertiary/aromatic N) is 3. The largest absolute Gasteiger partial charge is 1.00 e. The van der Waals surface area contributed by atoms with Crippen LogP contribution in [0, 0.1) is 11.3 Å². The van der Waals surface area contributed by atoms with Crippen LogP contribution in [-0.2, 0) is 33.3 Å². The predicted molar refractivity (Wildman–Crippen MR) is 170 cm³/mol. The monoisotopic (exact) mass is 723 g/mol. The quantitative estimate of drug-likeness (QED) is 0.0454. The van der Waals surface area contributed by atoms with Gasteiger partial charge in [-0.05, 0) is 23.3 Å². The van der Waals surface area contributed by atoms with E-state index in [1.807, 2.05) is 6.07 Å². The van der Waals surface area contributed by atoms with Crippen LogP contribution < -0.4 is 74.1 Å². The molecular formula is C34H32ClN3Na2O10. The molecule has 1 atom stereocenters. The minimum atomic E-state index is -0.885. The number of benzene rings is 3. The summed E-state index contributed by atoms with van der Waals surface area (Å²) in [7, 11) is 6.70. The van der Waals surface area contributed by atoms with E-state index in [1.165, 1.54) is 66.3 Å². The third kappa shape index (κ3) is 14.3. The number of methoxy groups -OCH3 is 5. The van der Waals surface area contributed by atoms with E-state index >= 15 is 0 Å². The molecule has 13 nitrogen and oxygen atoms in total. The molecule has 252 valence electrons. The SMILES string of the molecule is CO/C=C(/C(=O)OC)c1ccccc1[O-].COC(=O)C(c1ccccc1[O-])C(OC)OC.N#Cc1ccccc1Oc1cc(Cl)ncn1.[Na+].[Na+]. The van der Waals surface area contributed by atoms with Gasteiger partial charge in [-0.1, -0.05) is 72.3 Å². The zero-order valence-electron chi connectivity index (χ0n) is 28.6. The van der Waals surface area contributed by atoms with Crippen molar-refractivity contribution in [3.63, 3.8) is 0 Å². The van der Waals surface area contributed by atoms with Crippen LogP contribution in [0.15, 0.2) is 91.5 Å². The van der Waals surface area contributed by atoms with Gasteiger partial charge in [0.1, 0.15) is 34.8 Å². The van der Waals surface area contributed by atoms with E-state index in [0.717, 1.165) is 0 Å². The molecule has 0 spiro atoms. The zero-order valence-corrected chi connectivity index (χ0v) is 33.4. The average Bonchev–Trinajstić information content (AvgIpc) is 3.10. The number of nitriles is 1. The number of rotatable bonds is 10. The van der Waals surface area contributed by atoms with Crippen molar-refractivity contribution < 1.29 is 107 Å². The molecule has 0 saturated heterocycles. The Morgan fingerprint density at radius 2 is 1.44 bits per heavy atom. The van der Waals surface area contributed by atoms with E-state index in [2.05, 4.69) is 19.4 Å². The second kappa shape index (κ2) is 25.3. The van der Waals surface area contributed by atoms with E-state index < -0.39 is 24.1 Å². The van der Waals surface area contributed by atoms with Crippen LogP contribution in [0.3, 0.4) is 0 Å². The second-order valence-corrected chi connectivity index (χ2v) is 9.41. The van der Waals surface area contributed by atoms with Crippen molar-refractivity contribution >= 4 is 29.1 Å². The summed E-state index contributed by atoms with van der Waals surface area (Å²) in [4.78, 5) is 30.7. The van der Waals surface area contributed by atoms with Gasteiger partial charge in [0.2, 0.25) is 5.88 Å². The number of esters is 2. The normalized spacial score (nSPS) is 10.6. The molecule has 4 aromatic rings. The number of carbonyl (C=O) groups excluding carboxylic acids is 2. The minimum Gasteiger partial charge on any atom is -0.872 e. The van der Waals surface area contributed by atoms with Gasteiger partial charge in [0.25, 0.3) is 0 Å². The Labute approximate surface area is 339 Å². The molecule has 1 unspecified atom stereocenters. The number of ether oxygens (including phenoxy) is 6. The van der Waals surface area contributed by atoms with Crippen LogP contribution in [-0.4, -0.2) is 63.7 Å². The fourth-order valence-corrected chi connectivity index (χ4v) is 4.03. The van der Waals surface area contributed by atoms with Gasteiger partial charge in [-0.3, -0.25) is 4.79 Å². The average molecular weight is 724 g/mol. The van der Waals surface area contributed by atoms with Gasteiger partial charge in [0, 0.05) is 20.3 Å². The Kier molecular flexibility index (Phi) is 23.4. The zero-order chi connectivity index (χ0) is 35.5. The van der Waals surface area contributed by atoms with Crippen LogP contribution in [0.1, 0.15) is 22.6 Å². The van der Waals surface area contributed by atoms with Gasteiger partial charge in [0.05, 0.1) is 33.2 Å². The fourth-order valence-electron chi connectivity index (χ4n) is 3.89. The van der Waals surface area contributed by atoms with Gasteiger partial charge >= 0.3 is 71.1 Å². The summed E-state index contributed by atoms with van der Waals surface area (Å²) < 4.78 is 29.4. The van der Waals surface area contributed by atoms with Crippen LogP contribution in [0.25, 0.3) is 5.57 Å². The van der Waals surface area contributed by atoms with Crippen LogP contribution >= 0.6 is 11.6 Å². The molecule has 0 aliphatic heterocycles. The molecule has 4 rings (SSSR count). The number of hydrogen-bond donors (Lipinski definition) is 0. The molecule has 0 bridgehead atoms. The third-order valence-corrected chi connectivity index (χ3v) is 6.30. The summed E-state index contributed by atoms with van der Waals surface area (Å²) in [6.07, 6.45) is 1.65. The first-order valence-corrected chi connectivity index (χ1v) is 14.1. The Bertz CT molecular complexity index is 1720. The number of aromatic nitrogens is 2. The molecule has 3 aromatic carbocycles. The summed E-state index contributed by atoms with van der Waals surface area (Å²) >= 11 is 5.69. The number of hydrogen-bond acceptors (Lipinski definition) is 13. The maximum atomic E-state index is 11.7. The predicted octanol–water partition coefficient (Wildman–Crippen LogP) is -1.64. The molecule has 16 heteroatoms. The first-order valence-electron chi connectivity index (χ1n) is 13.8. The van der Waals surface area contributed by atoms with Gasteiger partial charge in [-0.15, -0.1) is 11.5 Å². The number of halogens is 1. The van der Waals surface area contributed by atoms with Crippen LogP contribution in [0.2, 0.25) is 5.15 Å². The molecular weight excluding hydrogens is 692 g/mol. The van der Waals surface area contributed by atoms with Crippen molar-refractivity contribution in [2.24, 2.45) is 0 Å². The maximum Gasteiger partial charge on any atom is 1.00 e. The van der Waals surface area contributed by atoms with E-state index in [0.29, 0.717) is 27.9 Å². The summed E-state index contributed by atoms with van der Waals surface area (Å²) in [5.74, 6) is -1.79. The maximum absolute atomic E-state index is 11.7. The molecule has 0 aliphatic carbocycles. The van der Waals surface area contributed by atoms with Crippen molar-refractivity contribution in [3.8, 4) is 29.2 Å². The smallest absolute Gasteiger partial charge is 0.872 e. The topological polar surface area (TPSA) is 185 Å². The summed E-state index contributed by atoms with van der Waals surface area (Å²) in [5, 5.41) is 32.3. The number of carbonyl (C=O) groups is 2. The first kappa shape index (κ1) is 46.3. The van der Waals surface area contributed by atoms with E-state index in [9.17, 15) is 19.8 Å². The van der Waals surface area contributed by atoms with E-state index in [1.54, 1.807) is 60.7 Å². The van der Waals surface area contributed by atoms with Gasteiger partial charge in [-0.2, -0.15) is 5.26 Å². The fraction of sp³-hybridized carbons (Fsp3) is 0.206. The molecule has 1 heterocycles. The summed E-state index contributed by atoms with van der Waals surface area (Å²) in [6.45, 7) is 0. The molecule has 50 heavy (non-hydrogen) atoms. The van der Waals surface area contributed by atoms with Crippen molar-refractivity contribution in [1.82, 2.24) is 9.97 Å². The molecule has 0 aliphatic rings. The Morgan fingerprint density at radius 1 is 0.840 bits per heavy atom. The van der Waals surface area contributed by atoms with Crippen molar-refractivity contribution in [1.29, 1.82) is 5.26 Å². The third-order valence-electron chi connectivity index (χ3n) is 6.09. The number of para-hydroxylation sites is 3. The van der Waals surface area contributed by atoms with Crippen LogP contribution in [0.5, 0.6) is 23.1 Å². The summed E-state index contributed by atoms with van der Waals surface area (Å²) in [5.41, 5.74) is 1.13. The molecule has 0 saturated carbocycles. The van der Waals surface area contributed by atoms with E-state index in [-0.39, 0.29) is 81.8 Å². The van der Waals surface area contributed by atoms with Crippen molar-refractivity contribution in [2.45, 2.75) is 12.2 Å². The van der Waals surface area contributed by atoms with Crippen LogP contribution in [0.4, 0.5) is 0 Å². The van der Waals surface area contributed by atoms with Gasteiger partial charge < -0.3 is 38.6 Å². The van der Waals surface area contributed by atoms with Gasteiger partial charge in [-0.25, -0.2) is 14.8 Å². The Hall–Kier alpha value is -3.68. The summed E-state index contributed by atoms with van der Waals surface area (Å²) in [6, 6.07) is 22.8. The molecule has 0 N–H and O–H groups in total.